The first-order chi connectivity index (χ1) is 3.22. The van der Waals surface area contributed by atoms with Crippen molar-refractivity contribution in [2.24, 2.45) is 0 Å². The normalized spacial score (nSPS) is 33.1. The third-order valence-electron chi connectivity index (χ3n) is 0.943. The van der Waals surface area contributed by atoms with Crippen LogP contribution in [0.1, 0.15) is 6.92 Å². The number of hydrogen-bond donors (Lipinski definition) is 0. The van der Waals surface area contributed by atoms with Crippen LogP contribution in [0.15, 0.2) is 0 Å². The molecule has 40 valence electrons. The van der Waals surface area contributed by atoms with E-state index in [1.54, 1.807) is 6.92 Å². The Morgan fingerprint density at radius 2 is 2.12 bits per heavy atom. The number of rotatable bonds is 1. The van der Waals surface area contributed by atoms with Crippen LogP contribution < -0.4 is 56.5 Å². The molecule has 0 aromatic rings. The van der Waals surface area contributed by atoms with Crippen LogP contribution in [0, 0.1) is 0 Å². The third kappa shape index (κ3) is 2.12. The summed E-state index contributed by atoms with van der Waals surface area (Å²) in [7, 11) is 0. The quantitative estimate of drug-likeness (QED) is 0.272. The van der Waals surface area contributed by atoms with Gasteiger partial charge in [0, 0.05) is 0 Å². The summed E-state index contributed by atoms with van der Waals surface area (Å²) >= 11 is 0. The largest absolute Gasteiger partial charge is 1.00 e. The van der Waals surface area contributed by atoms with E-state index >= 15 is 0 Å². The van der Waals surface area contributed by atoms with Crippen molar-refractivity contribution < 1.29 is 66.0 Å². The number of carbonyl (C=O) groups excluding carboxylic acids is 1. The summed E-state index contributed by atoms with van der Waals surface area (Å²) < 4.78 is 4.52. The Morgan fingerprint density at radius 3 is 2.12 bits per heavy atom. The Morgan fingerprint density at radius 1 is 1.75 bits per heavy atom. The second-order valence-electron chi connectivity index (χ2n) is 1.58. The van der Waals surface area contributed by atoms with Crippen molar-refractivity contribution >= 4 is 5.97 Å². The summed E-state index contributed by atoms with van der Waals surface area (Å²) in [5.74, 6) is -1.10. The van der Waals surface area contributed by atoms with E-state index in [9.17, 15) is 9.90 Å². The SMILES string of the molecule is CC1OC1C(=O)[O-].[K+]. The molecule has 4 heteroatoms. The van der Waals surface area contributed by atoms with Crippen LogP contribution in [-0.4, -0.2) is 18.2 Å². The van der Waals surface area contributed by atoms with Gasteiger partial charge in [0.25, 0.3) is 0 Å². The Bertz CT molecular complexity index is 103. The molecule has 1 fully saturated rings. The van der Waals surface area contributed by atoms with Crippen molar-refractivity contribution in [3.63, 3.8) is 0 Å². The first-order valence-electron chi connectivity index (χ1n) is 2.08. The summed E-state index contributed by atoms with van der Waals surface area (Å²) in [6.45, 7) is 1.69. The zero-order valence-electron chi connectivity index (χ0n) is 4.88. The van der Waals surface area contributed by atoms with Crippen LogP contribution in [-0.2, 0) is 9.53 Å². The Labute approximate surface area is 89.8 Å². The predicted molar refractivity (Wildman–Crippen MR) is 19.3 cm³/mol. The van der Waals surface area contributed by atoms with E-state index in [4.69, 9.17) is 0 Å². The van der Waals surface area contributed by atoms with Gasteiger partial charge >= 0.3 is 51.4 Å². The molecular weight excluding hydrogens is 135 g/mol. The molecule has 1 rings (SSSR count). The van der Waals surface area contributed by atoms with Crippen LogP contribution in [0.4, 0.5) is 0 Å². The summed E-state index contributed by atoms with van der Waals surface area (Å²) in [5, 5.41) is 9.74. The van der Waals surface area contributed by atoms with Gasteiger partial charge in [0.15, 0.2) is 0 Å². The molecule has 1 aliphatic heterocycles. The fourth-order valence-electron chi connectivity index (χ4n) is 0.433. The first-order valence-corrected chi connectivity index (χ1v) is 2.08. The van der Waals surface area contributed by atoms with Gasteiger partial charge in [0.05, 0.1) is 12.1 Å². The molecule has 1 saturated heterocycles. The Hall–Kier alpha value is 1.07. The summed E-state index contributed by atoms with van der Waals surface area (Å²) in [6.07, 6.45) is -0.745. The fourth-order valence-corrected chi connectivity index (χ4v) is 0.433. The van der Waals surface area contributed by atoms with Crippen LogP contribution in [0.2, 0.25) is 0 Å². The second kappa shape index (κ2) is 3.29. The van der Waals surface area contributed by atoms with Gasteiger partial charge in [-0.15, -0.1) is 0 Å². The van der Waals surface area contributed by atoms with E-state index in [-0.39, 0.29) is 57.5 Å². The second-order valence-corrected chi connectivity index (χ2v) is 1.58. The molecule has 0 saturated carbocycles. The van der Waals surface area contributed by atoms with Gasteiger partial charge in [-0.2, -0.15) is 0 Å². The van der Waals surface area contributed by atoms with Crippen molar-refractivity contribution in [2.45, 2.75) is 19.1 Å². The maximum Gasteiger partial charge on any atom is 1.00 e. The average Bonchev–Trinajstić information content (AvgIpc) is 2.17. The van der Waals surface area contributed by atoms with Crippen molar-refractivity contribution in [2.75, 3.05) is 0 Å². The van der Waals surface area contributed by atoms with Crippen LogP contribution in [0.25, 0.3) is 0 Å². The molecule has 3 nitrogen and oxygen atoms in total. The van der Waals surface area contributed by atoms with E-state index in [2.05, 4.69) is 4.74 Å². The fraction of sp³-hybridized carbons (Fsp3) is 0.750. The van der Waals surface area contributed by atoms with E-state index < -0.39 is 12.1 Å². The number of carboxylic acids is 1. The Kier molecular flexibility index (Phi) is 3.73. The van der Waals surface area contributed by atoms with E-state index in [1.807, 2.05) is 0 Å². The molecule has 0 N–H and O–H groups in total. The third-order valence-corrected chi connectivity index (χ3v) is 0.943. The molecule has 0 aromatic carbocycles. The maximum atomic E-state index is 9.74. The molecule has 0 spiro atoms. The van der Waals surface area contributed by atoms with Gasteiger partial charge in [0.2, 0.25) is 0 Å². The number of ether oxygens (including phenoxy) is 1. The number of aliphatic carboxylic acids is 1. The van der Waals surface area contributed by atoms with Crippen molar-refractivity contribution in [1.29, 1.82) is 0 Å². The number of carbonyl (C=O) groups is 1. The minimum atomic E-state index is -1.10. The average molecular weight is 140 g/mol. The smallest absolute Gasteiger partial charge is 0.547 e. The van der Waals surface area contributed by atoms with E-state index in [0.29, 0.717) is 0 Å². The summed E-state index contributed by atoms with van der Waals surface area (Å²) in [6, 6.07) is 0. The topological polar surface area (TPSA) is 52.7 Å². The first kappa shape index (κ1) is 9.07. The minimum Gasteiger partial charge on any atom is -0.547 e. The van der Waals surface area contributed by atoms with Crippen molar-refractivity contribution in [1.82, 2.24) is 0 Å². The van der Waals surface area contributed by atoms with Gasteiger partial charge in [-0.1, -0.05) is 0 Å². The van der Waals surface area contributed by atoms with Crippen molar-refractivity contribution in [3.05, 3.63) is 0 Å². The maximum absolute atomic E-state index is 9.74. The molecule has 0 aliphatic carbocycles. The molecule has 0 amide bonds. The van der Waals surface area contributed by atoms with E-state index in [0.717, 1.165) is 0 Å². The van der Waals surface area contributed by atoms with Gasteiger partial charge in [0.1, 0.15) is 6.10 Å². The van der Waals surface area contributed by atoms with Crippen LogP contribution in [0.5, 0.6) is 0 Å². The van der Waals surface area contributed by atoms with Gasteiger partial charge in [-0.3, -0.25) is 0 Å². The van der Waals surface area contributed by atoms with E-state index in [1.165, 1.54) is 0 Å². The molecule has 1 aliphatic rings. The van der Waals surface area contributed by atoms with Gasteiger partial charge in [-0.25, -0.2) is 0 Å². The molecule has 0 bridgehead atoms. The summed E-state index contributed by atoms with van der Waals surface area (Å²) in [5.41, 5.74) is 0. The zero-order valence-corrected chi connectivity index (χ0v) is 8.00. The number of hydrogen-bond acceptors (Lipinski definition) is 3. The zero-order chi connectivity index (χ0) is 5.44. The predicted octanol–water partition coefficient (Wildman–Crippen LogP) is -4.47. The molecule has 0 radical (unpaired) electrons. The summed E-state index contributed by atoms with van der Waals surface area (Å²) in [4.78, 5) is 9.74. The number of carboxylic acid groups (broad SMARTS) is 1. The standard InChI is InChI=1S/C4H6O3.K/c1-2-3(7-2)4(5)6;/h2-3H,1H3,(H,5,6);/q;+1/p-1. The van der Waals surface area contributed by atoms with Gasteiger partial charge < -0.3 is 14.6 Å². The van der Waals surface area contributed by atoms with Crippen molar-refractivity contribution in [3.8, 4) is 0 Å². The molecule has 2 unspecified atom stereocenters. The molecule has 1 heterocycles. The Balaban J connectivity index is 0.000000490. The van der Waals surface area contributed by atoms with Crippen LogP contribution in [0.3, 0.4) is 0 Å². The molecule has 2 atom stereocenters. The number of epoxide rings is 1. The van der Waals surface area contributed by atoms with Gasteiger partial charge in [-0.05, 0) is 6.92 Å². The minimum absolute atomic E-state index is 0. The molecule has 8 heavy (non-hydrogen) atoms. The van der Waals surface area contributed by atoms with Crippen LogP contribution >= 0.6 is 0 Å². The molecule has 0 aromatic heterocycles. The monoisotopic (exact) mass is 140 g/mol. The molecular formula is C4H5KO3.